The van der Waals surface area contributed by atoms with Gasteiger partial charge in [0, 0.05) is 57.5 Å². The van der Waals surface area contributed by atoms with Gasteiger partial charge in [-0.3, -0.25) is 19.3 Å². The summed E-state index contributed by atoms with van der Waals surface area (Å²) in [7, 11) is 0. The molecule has 154 valence electrons. The number of piperazine rings is 1. The van der Waals surface area contributed by atoms with Gasteiger partial charge in [0.2, 0.25) is 17.7 Å². The van der Waals surface area contributed by atoms with Crippen LogP contribution in [0.2, 0.25) is 0 Å². The van der Waals surface area contributed by atoms with E-state index in [4.69, 9.17) is 0 Å². The van der Waals surface area contributed by atoms with Crippen molar-refractivity contribution in [3.8, 4) is 0 Å². The molecule has 2 aliphatic heterocycles. The van der Waals surface area contributed by atoms with E-state index in [1.165, 1.54) is 0 Å². The third kappa shape index (κ3) is 5.77. The molecule has 0 spiro atoms. The van der Waals surface area contributed by atoms with Crippen LogP contribution >= 0.6 is 0 Å². The number of carbonyl (C=O) groups is 3. The van der Waals surface area contributed by atoms with Crippen LogP contribution in [0.5, 0.6) is 0 Å². The summed E-state index contributed by atoms with van der Waals surface area (Å²) < 4.78 is 0. The summed E-state index contributed by atoms with van der Waals surface area (Å²) >= 11 is 0. The van der Waals surface area contributed by atoms with Gasteiger partial charge >= 0.3 is 0 Å². The molecular weight excluding hydrogens is 368 g/mol. The molecule has 3 rings (SSSR count). The van der Waals surface area contributed by atoms with Gasteiger partial charge in [-0.1, -0.05) is 18.2 Å². The van der Waals surface area contributed by atoms with Crippen LogP contribution in [-0.4, -0.2) is 73.3 Å². The Morgan fingerprint density at radius 2 is 1.79 bits per heavy atom. The largest absolute Gasteiger partial charge is 0.352 e. The first-order valence-corrected chi connectivity index (χ1v) is 10.0. The second-order valence-corrected chi connectivity index (χ2v) is 7.27. The first-order chi connectivity index (χ1) is 14.1. The summed E-state index contributed by atoms with van der Waals surface area (Å²) in [5, 5.41) is 2.76. The zero-order valence-electron chi connectivity index (χ0n) is 16.7. The maximum Gasteiger partial charge on any atom is 0.246 e. The zero-order chi connectivity index (χ0) is 20.6. The lowest BCUT2D eigenvalue weighted by atomic mass is 10.1. The molecule has 0 saturated carbocycles. The van der Waals surface area contributed by atoms with E-state index in [0.717, 1.165) is 24.2 Å². The number of hydrogen-bond acceptors (Lipinski definition) is 4. The number of hydrogen-bond donors (Lipinski definition) is 1. The van der Waals surface area contributed by atoms with E-state index in [2.05, 4.69) is 11.9 Å². The molecule has 3 amide bonds. The van der Waals surface area contributed by atoms with Crippen LogP contribution in [-0.2, 0) is 14.4 Å². The molecule has 2 fully saturated rings. The predicted molar refractivity (Wildman–Crippen MR) is 113 cm³/mol. The van der Waals surface area contributed by atoms with Gasteiger partial charge in [-0.2, -0.15) is 0 Å². The van der Waals surface area contributed by atoms with Crippen LogP contribution in [0.25, 0.3) is 6.08 Å². The molecule has 0 radical (unpaired) electrons. The van der Waals surface area contributed by atoms with Crippen molar-refractivity contribution in [2.75, 3.05) is 50.7 Å². The summed E-state index contributed by atoms with van der Waals surface area (Å²) in [6.45, 7) is 7.74. The second kappa shape index (κ2) is 10.0. The molecule has 0 bridgehead atoms. The Kier molecular flexibility index (Phi) is 7.19. The Hall–Kier alpha value is -2.93. The highest BCUT2D eigenvalue weighted by atomic mass is 16.2. The van der Waals surface area contributed by atoms with E-state index < -0.39 is 0 Å². The van der Waals surface area contributed by atoms with Crippen molar-refractivity contribution in [1.82, 2.24) is 15.1 Å². The SMILES string of the molecule is C=CCNC(=O)CN1CCN(C(=O)/C=C/c2ccc(N3CCCC3=O)cc2)CC1. The van der Waals surface area contributed by atoms with E-state index in [1.807, 2.05) is 29.2 Å². The van der Waals surface area contributed by atoms with Crippen LogP contribution in [0.1, 0.15) is 18.4 Å². The molecule has 7 heteroatoms. The van der Waals surface area contributed by atoms with Crippen molar-refractivity contribution in [1.29, 1.82) is 0 Å². The Labute approximate surface area is 171 Å². The number of anilines is 1. The lowest BCUT2D eigenvalue weighted by molar-refractivity contribution is -0.128. The number of nitrogens with zero attached hydrogens (tertiary/aromatic N) is 3. The maximum atomic E-state index is 12.4. The Bertz CT molecular complexity index is 780. The van der Waals surface area contributed by atoms with Gasteiger partial charge in [-0.15, -0.1) is 6.58 Å². The minimum absolute atomic E-state index is 0.0244. The van der Waals surface area contributed by atoms with Crippen molar-refractivity contribution in [3.05, 3.63) is 48.6 Å². The zero-order valence-corrected chi connectivity index (χ0v) is 16.7. The molecule has 29 heavy (non-hydrogen) atoms. The van der Waals surface area contributed by atoms with E-state index in [-0.39, 0.29) is 17.7 Å². The van der Waals surface area contributed by atoms with Crippen molar-refractivity contribution in [2.45, 2.75) is 12.8 Å². The highest BCUT2D eigenvalue weighted by Crippen LogP contribution is 2.22. The fourth-order valence-corrected chi connectivity index (χ4v) is 3.53. The molecule has 0 aromatic heterocycles. The number of nitrogens with one attached hydrogen (secondary N) is 1. The fourth-order valence-electron chi connectivity index (χ4n) is 3.53. The first kappa shape index (κ1) is 20.8. The van der Waals surface area contributed by atoms with Gasteiger partial charge in [-0.05, 0) is 30.2 Å². The van der Waals surface area contributed by atoms with Crippen LogP contribution in [0.4, 0.5) is 5.69 Å². The van der Waals surface area contributed by atoms with Crippen molar-refractivity contribution < 1.29 is 14.4 Å². The van der Waals surface area contributed by atoms with Gasteiger partial charge in [0.25, 0.3) is 0 Å². The average molecular weight is 396 g/mol. The van der Waals surface area contributed by atoms with Crippen molar-refractivity contribution >= 4 is 29.5 Å². The first-order valence-electron chi connectivity index (χ1n) is 10.0. The van der Waals surface area contributed by atoms with Gasteiger partial charge < -0.3 is 15.1 Å². The fraction of sp³-hybridized carbons (Fsp3) is 0.409. The van der Waals surface area contributed by atoms with E-state index in [1.54, 1.807) is 28.0 Å². The summed E-state index contributed by atoms with van der Waals surface area (Å²) in [4.78, 5) is 41.7. The van der Waals surface area contributed by atoms with Gasteiger partial charge in [-0.25, -0.2) is 0 Å². The van der Waals surface area contributed by atoms with E-state index in [0.29, 0.717) is 45.7 Å². The van der Waals surface area contributed by atoms with E-state index >= 15 is 0 Å². The molecule has 1 aromatic rings. The van der Waals surface area contributed by atoms with Crippen LogP contribution in [0.3, 0.4) is 0 Å². The topological polar surface area (TPSA) is 73.0 Å². The summed E-state index contributed by atoms with van der Waals surface area (Å²) in [5.74, 6) is 0.115. The summed E-state index contributed by atoms with van der Waals surface area (Å²) in [6, 6.07) is 7.68. The minimum atomic E-state index is -0.0282. The van der Waals surface area contributed by atoms with E-state index in [9.17, 15) is 14.4 Å². The Morgan fingerprint density at radius 1 is 1.07 bits per heavy atom. The predicted octanol–water partition coefficient (Wildman–Crippen LogP) is 1.27. The minimum Gasteiger partial charge on any atom is -0.352 e. The molecule has 2 aliphatic rings. The molecule has 2 heterocycles. The smallest absolute Gasteiger partial charge is 0.246 e. The molecule has 0 unspecified atom stereocenters. The molecule has 0 atom stereocenters. The quantitative estimate of drug-likeness (QED) is 0.557. The molecule has 1 aromatic carbocycles. The second-order valence-electron chi connectivity index (χ2n) is 7.27. The van der Waals surface area contributed by atoms with Gasteiger partial charge in [0.05, 0.1) is 6.54 Å². The number of carbonyl (C=O) groups excluding carboxylic acids is 3. The van der Waals surface area contributed by atoms with Crippen LogP contribution < -0.4 is 10.2 Å². The molecule has 1 N–H and O–H groups in total. The lowest BCUT2D eigenvalue weighted by Crippen LogP contribution is -2.50. The summed E-state index contributed by atoms with van der Waals surface area (Å²) in [5.41, 5.74) is 1.83. The normalized spacial score (nSPS) is 17.7. The molecule has 0 aliphatic carbocycles. The highest BCUT2D eigenvalue weighted by molar-refractivity contribution is 5.95. The number of benzene rings is 1. The average Bonchev–Trinajstić information content (AvgIpc) is 3.17. The highest BCUT2D eigenvalue weighted by Gasteiger charge is 2.22. The molecule has 7 nitrogen and oxygen atoms in total. The number of amides is 3. The van der Waals surface area contributed by atoms with Crippen molar-refractivity contribution in [2.24, 2.45) is 0 Å². The standard InChI is InChI=1S/C22H28N4O3/c1-2-11-23-20(27)17-24-13-15-25(16-14-24)21(28)10-7-18-5-8-19(9-6-18)26-12-3-4-22(26)29/h2,5-10H,1,3-4,11-17H2,(H,23,27)/b10-7+. The van der Waals surface area contributed by atoms with Gasteiger partial charge in [0.1, 0.15) is 0 Å². The van der Waals surface area contributed by atoms with Crippen LogP contribution in [0.15, 0.2) is 43.0 Å². The van der Waals surface area contributed by atoms with Crippen molar-refractivity contribution in [3.63, 3.8) is 0 Å². The monoisotopic (exact) mass is 396 g/mol. The number of rotatable bonds is 7. The van der Waals surface area contributed by atoms with Crippen LogP contribution in [0, 0.1) is 0 Å². The molecular formula is C22H28N4O3. The molecule has 2 saturated heterocycles. The summed E-state index contributed by atoms with van der Waals surface area (Å²) in [6.07, 6.45) is 6.56. The van der Waals surface area contributed by atoms with Gasteiger partial charge in [0.15, 0.2) is 0 Å². The Balaban J connectivity index is 1.45. The third-order valence-corrected chi connectivity index (χ3v) is 5.19. The lowest BCUT2D eigenvalue weighted by Gasteiger charge is -2.33. The Morgan fingerprint density at radius 3 is 2.41 bits per heavy atom. The third-order valence-electron chi connectivity index (χ3n) is 5.19. The maximum absolute atomic E-state index is 12.4.